The summed E-state index contributed by atoms with van der Waals surface area (Å²) in [6, 6.07) is -0.342. The lowest BCUT2D eigenvalue weighted by molar-refractivity contribution is -0.220. The molecule has 2 fully saturated rings. The van der Waals surface area contributed by atoms with Gasteiger partial charge < -0.3 is 29.4 Å². The minimum Gasteiger partial charge on any atom is -0.481 e. The summed E-state index contributed by atoms with van der Waals surface area (Å²) in [5.41, 5.74) is 0. The Hall–Kier alpha value is -0.730. The highest BCUT2D eigenvalue weighted by atomic mass is 16.8. The lowest BCUT2D eigenvalue weighted by atomic mass is 10.00. The molecule has 0 saturated carbocycles. The molecule has 5 atom stereocenters. The molecule has 0 aromatic carbocycles. The number of carboxylic acid groups (broad SMARTS) is 1. The van der Waals surface area contributed by atoms with Crippen LogP contribution in [0.1, 0.15) is 117 Å². The van der Waals surface area contributed by atoms with E-state index in [4.69, 9.17) is 18.9 Å². The van der Waals surface area contributed by atoms with Crippen LogP contribution in [0.25, 0.3) is 0 Å². The number of ether oxygens (including phenoxy) is 4. The third kappa shape index (κ3) is 10.5. The Morgan fingerprint density at radius 1 is 0.912 bits per heavy atom. The molecule has 2 N–H and O–H groups in total. The number of carbonyl (C=O) groups is 1. The fourth-order valence-corrected chi connectivity index (χ4v) is 5.20. The molecule has 2 saturated heterocycles. The van der Waals surface area contributed by atoms with Gasteiger partial charge in [0.15, 0.2) is 12.1 Å². The van der Waals surface area contributed by atoms with Gasteiger partial charge in [-0.15, -0.1) is 0 Å². The van der Waals surface area contributed by atoms with Crippen LogP contribution in [0.5, 0.6) is 0 Å². The molecule has 7 nitrogen and oxygen atoms in total. The van der Waals surface area contributed by atoms with E-state index in [1.54, 1.807) is 7.11 Å². The number of hydrogen-bond donors (Lipinski definition) is 2. The third-order valence-corrected chi connectivity index (χ3v) is 7.03. The number of unbranched alkanes of at least 4 members (excludes halogenated alkanes) is 13. The molecule has 34 heavy (non-hydrogen) atoms. The van der Waals surface area contributed by atoms with Crippen molar-refractivity contribution >= 4 is 5.97 Å². The first-order valence-corrected chi connectivity index (χ1v) is 13.9. The van der Waals surface area contributed by atoms with Crippen molar-refractivity contribution in [3.63, 3.8) is 0 Å². The monoisotopic (exact) mass is 485 g/mol. The van der Waals surface area contributed by atoms with Gasteiger partial charge in [0.1, 0.15) is 18.3 Å². The summed E-state index contributed by atoms with van der Waals surface area (Å²) >= 11 is 0. The Balaban J connectivity index is 1.55. The zero-order valence-electron chi connectivity index (χ0n) is 22.2. The number of fused-ring (bicyclic) bond motifs is 1. The number of nitrogens with one attached hydrogen (secondary N) is 1. The summed E-state index contributed by atoms with van der Waals surface area (Å²) in [5.74, 6) is -1.57. The highest BCUT2D eigenvalue weighted by Gasteiger charge is 2.56. The maximum absolute atomic E-state index is 11.5. The normalized spacial score (nSPS) is 26.6. The van der Waals surface area contributed by atoms with Crippen molar-refractivity contribution in [2.24, 2.45) is 0 Å². The van der Waals surface area contributed by atoms with E-state index >= 15 is 0 Å². The second-order valence-electron chi connectivity index (χ2n) is 10.5. The maximum atomic E-state index is 11.5. The minimum atomic E-state index is -0.851. The van der Waals surface area contributed by atoms with E-state index in [1.165, 1.54) is 77.0 Å². The molecule has 0 bridgehead atoms. The van der Waals surface area contributed by atoms with Crippen LogP contribution in [0.3, 0.4) is 0 Å². The molecule has 0 aliphatic carbocycles. The van der Waals surface area contributed by atoms with Gasteiger partial charge in [0, 0.05) is 13.2 Å². The van der Waals surface area contributed by atoms with E-state index in [-0.39, 0.29) is 24.7 Å². The van der Waals surface area contributed by atoms with E-state index in [0.29, 0.717) is 0 Å². The van der Waals surface area contributed by atoms with Crippen LogP contribution in [-0.4, -0.2) is 61.2 Å². The summed E-state index contributed by atoms with van der Waals surface area (Å²) in [6.07, 6.45) is 16.9. The van der Waals surface area contributed by atoms with Crippen molar-refractivity contribution in [1.29, 1.82) is 0 Å². The third-order valence-electron chi connectivity index (χ3n) is 7.03. The second-order valence-corrected chi connectivity index (χ2v) is 10.5. The van der Waals surface area contributed by atoms with Gasteiger partial charge in [0.2, 0.25) is 0 Å². The van der Waals surface area contributed by atoms with Gasteiger partial charge in [-0.1, -0.05) is 90.4 Å². The molecule has 2 heterocycles. The van der Waals surface area contributed by atoms with Gasteiger partial charge >= 0.3 is 5.97 Å². The Morgan fingerprint density at radius 2 is 1.44 bits per heavy atom. The fourth-order valence-electron chi connectivity index (χ4n) is 5.20. The van der Waals surface area contributed by atoms with Crippen LogP contribution in [0.4, 0.5) is 0 Å². The van der Waals surface area contributed by atoms with Crippen LogP contribution >= 0.6 is 0 Å². The molecular weight excluding hydrogens is 434 g/mol. The molecule has 0 amide bonds. The molecule has 2 aliphatic rings. The van der Waals surface area contributed by atoms with Gasteiger partial charge in [-0.25, -0.2) is 0 Å². The van der Waals surface area contributed by atoms with E-state index in [9.17, 15) is 9.90 Å². The van der Waals surface area contributed by atoms with Crippen molar-refractivity contribution < 1.29 is 28.8 Å². The van der Waals surface area contributed by atoms with Crippen LogP contribution in [0.2, 0.25) is 0 Å². The smallest absolute Gasteiger partial charge is 0.305 e. The molecule has 7 heteroatoms. The first kappa shape index (κ1) is 29.5. The van der Waals surface area contributed by atoms with Gasteiger partial charge in [-0.05, 0) is 26.8 Å². The Labute approximate surface area is 207 Å². The summed E-state index contributed by atoms with van der Waals surface area (Å²) < 4.78 is 23.5. The average molecular weight is 486 g/mol. The molecule has 0 aromatic heterocycles. The van der Waals surface area contributed by atoms with Gasteiger partial charge in [0.05, 0.1) is 6.42 Å². The molecular formula is C27H51NO6. The summed E-state index contributed by atoms with van der Waals surface area (Å²) in [6.45, 7) is 6.73. The predicted octanol–water partition coefficient (Wildman–Crippen LogP) is 5.79. The number of methoxy groups -OCH3 is 1. The quantitative estimate of drug-likeness (QED) is 0.211. The van der Waals surface area contributed by atoms with Crippen LogP contribution in [0.15, 0.2) is 0 Å². The van der Waals surface area contributed by atoms with E-state index < -0.39 is 24.2 Å². The first-order chi connectivity index (χ1) is 16.4. The lowest BCUT2D eigenvalue weighted by Crippen LogP contribution is -2.49. The van der Waals surface area contributed by atoms with Gasteiger partial charge in [-0.2, -0.15) is 0 Å². The maximum Gasteiger partial charge on any atom is 0.305 e. The van der Waals surface area contributed by atoms with Gasteiger partial charge in [-0.3, -0.25) is 4.79 Å². The molecule has 200 valence electrons. The summed E-state index contributed by atoms with van der Waals surface area (Å²) in [4.78, 5) is 11.5. The Bertz CT molecular complexity index is 557. The van der Waals surface area contributed by atoms with Crippen LogP contribution in [-0.2, 0) is 23.7 Å². The lowest BCUT2D eigenvalue weighted by Gasteiger charge is -2.30. The minimum absolute atomic E-state index is 0.0219. The van der Waals surface area contributed by atoms with E-state index in [2.05, 4.69) is 12.2 Å². The number of rotatable bonds is 20. The van der Waals surface area contributed by atoms with E-state index in [1.807, 2.05) is 13.8 Å². The average Bonchev–Trinajstić information content (AvgIpc) is 3.26. The van der Waals surface area contributed by atoms with E-state index in [0.717, 1.165) is 19.4 Å². The topological polar surface area (TPSA) is 86.3 Å². The highest BCUT2D eigenvalue weighted by Crippen LogP contribution is 2.39. The second kappa shape index (κ2) is 16.1. The molecule has 0 spiro atoms. The SMILES string of the molecule is CCCCCCCCCCCCCCCCN[C@@H](CC(=O)O)[C@H]1O[C@@H]2OC(C)(C)O[C@@H]2[C@H]1OC. The van der Waals surface area contributed by atoms with Crippen molar-refractivity contribution in [1.82, 2.24) is 5.32 Å². The van der Waals surface area contributed by atoms with Crippen molar-refractivity contribution in [2.75, 3.05) is 13.7 Å². The zero-order chi connectivity index (χ0) is 24.8. The van der Waals surface area contributed by atoms with Gasteiger partial charge in [0.25, 0.3) is 0 Å². The number of carboxylic acids is 1. The summed E-state index contributed by atoms with van der Waals surface area (Å²) in [5, 5.41) is 12.8. The number of hydrogen-bond acceptors (Lipinski definition) is 6. The molecule has 0 aromatic rings. The molecule has 2 aliphatic heterocycles. The van der Waals surface area contributed by atoms with Crippen molar-refractivity contribution in [3.05, 3.63) is 0 Å². The Kier molecular flexibility index (Phi) is 14.0. The standard InChI is InChI=1S/C27H51NO6/c1-5-6-7-8-9-10-11-12-13-14-15-16-17-18-19-28-21(20-22(29)30)23-24(31-4)25-26(32-23)34-27(2,3)33-25/h21,23-26,28H,5-20H2,1-4H3,(H,29,30)/t21-,23+,24-,25+,26+/m0/s1. The fraction of sp³-hybridized carbons (Fsp3) is 0.963. The molecule has 0 unspecified atom stereocenters. The molecule has 2 rings (SSSR count). The Morgan fingerprint density at radius 3 is 1.94 bits per heavy atom. The zero-order valence-corrected chi connectivity index (χ0v) is 22.2. The van der Waals surface area contributed by atoms with Crippen LogP contribution in [0, 0.1) is 0 Å². The van der Waals surface area contributed by atoms with Crippen molar-refractivity contribution in [3.8, 4) is 0 Å². The largest absolute Gasteiger partial charge is 0.481 e. The first-order valence-electron chi connectivity index (χ1n) is 13.9. The van der Waals surface area contributed by atoms with Crippen molar-refractivity contribution in [2.45, 2.75) is 154 Å². The molecule has 0 radical (unpaired) electrons. The van der Waals surface area contributed by atoms with Crippen LogP contribution < -0.4 is 5.32 Å². The number of aliphatic carboxylic acids is 1. The highest BCUT2D eigenvalue weighted by molar-refractivity contribution is 5.67. The predicted molar refractivity (Wildman–Crippen MR) is 134 cm³/mol. The summed E-state index contributed by atoms with van der Waals surface area (Å²) in [7, 11) is 1.61.